The van der Waals surface area contributed by atoms with Crippen molar-refractivity contribution in [2.45, 2.75) is 37.7 Å². The van der Waals surface area contributed by atoms with Crippen LogP contribution in [0.5, 0.6) is 0 Å². The fourth-order valence-corrected chi connectivity index (χ4v) is 4.65. The lowest BCUT2D eigenvalue weighted by Crippen LogP contribution is -2.43. The highest BCUT2D eigenvalue weighted by molar-refractivity contribution is 7.90. The predicted molar refractivity (Wildman–Crippen MR) is 114 cm³/mol. The van der Waals surface area contributed by atoms with Crippen LogP contribution in [0.2, 0.25) is 0 Å². The summed E-state index contributed by atoms with van der Waals surface area (Å²) in [6.07, 6.45) is 6.45. The number of rotatable bonds is 8. The number of allylic oxidation sites excluding steroid dienone is 5. The van der Waals surface area contributed by atoms with Gasteiger partial charge in [-0.15, -0.1) is 0 Å². The van der Waals surface area contributed by atoms with Crippen LogP contribution in [0.4, 0.5) is 13.2 Å². The Morgan fingerprint density at radius 1 is 1.21 bits per heavy atom. The number of alkyl halides is 3. The number of nitrogens with one attached hydrogen (secondary N) is 1. The summed E-state index contributed by atoms with van der Waals surface area (Å²) >= 11 is 0. The van der Waals surface area contributed by atoms with E-state index < -0.39 is 27.5 Å². The van der Waals surface area contributed by atoms with Gasteiger partial charge >= 0.3 is 21.5 Å². The van der Waals surface area contributed by atoms with E-state index in [-0.39, 0.29) is 22.5 Å². The van der Waals surface area contributed by atoms with Crippen molar-refractivity contribution in [1.29, 1.82) is 0 Å². The Labute approximate surface area is 188 Å². The molecule has 0 spiro atoms. The van der Waals surface area contributed by atoms with Crippen molar-refractivity contribution in [1.82, 2.24) is 14.3 Å². The molecule has 2 aliphatic carbocycles. The fraction of sp³-hybridized carbons (Fsp3) is 0.273. The second-order valence-corrected chi connectivity index (χ2v) is 9.32. The predicted octanol–water partition coefficient (Wildman–Crippen LogP) is 4.20. The third-order valence-corrected chi connectivity index (χ3v) is 6.66. The molecule has 0 fully saturated rings. The van der Waals surface area contributed by atoms with E-state index in [0.29, 0.717) is 23.4 Å². The average molecular weight is 479 g/mol. The third kappa shape index (κ3) is 3.86. The highest BCUT2D eigenvalue weighted by Gasteiger charge is 2.51. The number of aromatic carboxylic acids is 1. The summed E-state index contributed by atoms with van der Waals surface area (Å²) < 4.78 is 66.2. The molecule has 1 unspecified atom stereocenters. The molecule has 1 aromatic carbocycles. The number of nitrogens with zero attached hydrogens (tertiary/aromatic N) is 2. The zero-order chi connectivity index (χ0) is 24.0. The van der Waals surface area contributed by atoms with Crippen LogP contribution in [-0.4, -0.2) is 34.6 Å². The molecule has 4 rings (SSSR count). The van der Waals surface area contributed by atoms with Crippen LogP contribution in [0.1, 0.15) is 47.7 Å². The average Bonchev–Trinajstić information content (AvgIpc) is 3.18. The molecule has 174 valence electrons. The number of fused-ring (bicyclic) bond motifs is 2. The Morgan fingerprint density at radius 2 is 1.91 bits per heavy atom. The Morgan fingerprint density at radius 3 is 2.52 bits per heavy atom. The molecule has 0 amide bonds. The first-order valence-electron chi connectivity index (χ1n) is 10.2. The zero-order valence-corrected chi connectivity index (χ0v) is 18.2. The molecular weight excluding hydrogens is 459 g/mol. The van der Waals surface area contributed by atoms with Crippen molar-refractivity contribution in [2.75, 3.05) is 0 Å². The molecule has 7 nitrogen and oxygen atoms in total. The maximum absolute atomic E-state index is 13.1. The topological polar surface area (TPSA) is 101 Å². The monoisotopic (exact) mass is 479 g/mol. The van der Waals surface area contributed by atoms with Crippen molar-refractivity contribution in [3.63, 3.8) is 0 Å². The summed E-state index contributed by atoms with van der Waals surface area (Å²) in [5.41, 5.74) is -4.14. The molecule has 2 aliphatic rings. The number of benzene rings is 1. The van der Waals surface area contributed by atoms with Crippen LogP contribution in [0.3, 0.4) is 0 Å². The van der Waals surface area contributed by atoms with E-state index in [4.69, 9.17) is 0 Å². The molecule has 0 saturated heterocycles. The first kappa shape index (κ1) is 22.8. The van der Waals surface area contributed by atoms with Crippen LogP contribution >= 0.6 is 0 Å². The number of carboxylic acids is 1. The van der Waals surface area contributed by atoms with Gasteiger partial charge in [0.1, 0.15) is 11.5 Å². The van der Waals surface area contributed by atoms with E-state index in [9.17, 15) is 31.5 Å². The number of hydrogen-bond donors (Lipinski definition) is 2. The summed E-state index contributed by atoms with van der Waals surface area (Å²) in [5.74, 6) is -0.770. The number of hydrogen-bond acceptors (Lipinski definition) is 4. The van der Waals surface area contributed by atoms with Crippen molar-refractivity contribution in [2.24, 2.45) is 0 Å². The summed E-state index contributed by atoms with van der Waals surface area (Å²) in [6.45, 7) is 1.97. The molecule has 0 aliphatic heterocycles. The highest BCUT2D eigenvalue weighted by Crippen LogP contribution is 2.53. The van der Waals surface area contributed by atoms with Crippen molar-refractivity contribution < 1.29 is 31.5 Å². The minimum atomic E-state index is -5.67. The molecule has 0 saturated carbocycles. The lowest BCUT2D eigenvalue weighted by Gasteiger charge is -2.42. The molecule has 2 bridgehead atoms. The Bertz CT molecular complexity index is 1310. The number of sulfonamides is 1. The van der Waals surface area contributed by atoms with Gasteiger partial charge in [0.25, 0.3) is 0 Å². The molecule has 1 atom stereocenters. The van der Waals surface area contributed by atoms with Gasteiger partial charge in [0.05, 0.1) is 17.9 Å². The van der Waals surface area contributed by atoms with E-state index in [1.165, 1.54) is 16.8 Å². The number of aromatic nitrogens is 2. The van der Waals surface area contributed by atoms with Gasteiger partial charge in [-0.1, -0.05) is 55.8 Å². The standard InChI is InChI=1S/C22H20F3N3O4S/c1-2-3-9-17-26-12-16(21(29)30)28(17)20-15-11-10-14(13-7-5-4-6-8-13)18(20)19(15)27-33(31,32)22(23,24)25/h4-8,10-12,20,27H,2-3,9H2,1H3,(H,29,30). The second kappa shape index (κ2) is 8.22. The lowest BCUT2D eigenvalue weighted by molar-refractivity contribution is -0.0445. The van der Waals surface area contributed by atoms with Gasteiger partial charge in [0, 0.05) is 17.6 Å². The van der Waals surface area contributed by atoms with E-state index in [1.807, 2.05) is 6.92 Å². The maximum atomic E-state index is 13.1. The summed E-state index contributed by atoms with van der Waals surface area (Å²) in [6, 6.07) is 7.97. The van der Waals surface area contributed by atoms with Crippen molar-refractivity contribution in [3.8, 4) is 0 Å². The number of imidazole rings is 1. The molecule has 1 heterocycles. The van der Waals surface area contributed by atoms with Crippen molar-refractivity contribution >= 4 is 21.6 Å². The number of unbranched alkanes of at least 4 members (excludes halogenated alkanes) is 1. The maximum Gasteiger partial charge on any atom is 0.516 e. The number of carboxylic acid groups (broad SMARTS) is 1. The minimum Gasteiger partial charge on any atom is -0.477 e. The van der Waals surface area contributed by atoms with E-state index in [0.717, 1.165) is 12.8 Å². The second-order valence-electron chi connectivity index (χ2n) is 7.65. The van der Waals surface area contributed by atoms with Gasteiger partial charge in [-0.05, 0) is 17.6 Å². The minimum absolute atomic E-state index is 0.124. The Balaban J connectivity index is 1.88. The first-order valence-corrected chi connectivity index (χ1v) is 11.7. The fourth-order valence-electron chi connectivity index (χ4n) is 4.04. The molecule has 2 aromatic rings. The van der Waals surface area contributed by atoms with E-state index >= 15 is 0 Å². The van der Waals surface area contributed by atoms with Gasteiger partial charge < -0.3 is 9.67 Å². The van der Waals surface area contributed by atoms with Crippen LogP contribution in [0, 0.1) is 0 Å². The van der Waals surface area contributed by atoms with Crippen LogP contribution in [0.15, 0.2) is 65.5 Å². The zero-order valence-electron chi connectivity index (χ0n) is 17.4. The SMILES string of the molecule is CCCCc1ncc(C(=O)O)n1C1c2ccc(-c3ccccc3)c1c2NS(=O)(=O)C(F)(F)F. The van der Waals surface area contributed by atoms with E-state index in [2.05, 4.69) is 4.98 Å². The summed E-state index contributed by atoms with van der Waals surface area (Å²) in [7, 11) is -5.67. The van der Waals surface area contributed by atoms with Gasteiger partial charge in [-0.3, -0.25) is 4.72 Å². The largest absolute Gasteiger partial charge is 0.516 e. The molecular formula is C22H20F3N3O4S. The van der Waals surface area contributed by atoms with Crippen molar-refractivity contribution in [3.05, 3.63) is 82.6 Å². The molecule has 2 N–H and O–H groups in total. The van der Waals surface area contributed by atoms with Crippen LogP contribution < -0.4 is 4.72 Å². The molecule has 1 aromatic heterocycles. The van der Waals surface area contributed by atoms with Crippen LogP contribution in [0.25, 0.3) is 5.57 Å². The normalized spacial score (nSPS) is 17.9. The van der Waals surface area contributed by atoms with Gasteiger partial charge in [-0.25, -0.2) is 9.78 Å². The summed E-state index contributed by atoms with van der Waals surface area (Å²) in [5, 5.41) is 9.71. The Hall–Kier alpha value is -3.34. The van der Waals surface area contributed by atoms with E-state index in [1.54, 1.807) is 41.1 Å². The van der Waals surface area contributed by atoms with Gasteiger partial charge in [-0.2, -0.15) is 21.6 Å². The molecule has 0 radical (unpaired) electrons. The number of halogens is 3. The first-order chi connectivity index (χ1) is 15.6. The summed E-state index contributed by atoms with van der Waals surface area (Å²) in [4.78, 5) is 16.1. The highest BCUT2D eigenvalue weighted by atomic mass is 32.2. The quantitative estimate of drug-likeness (QED) is 0.591. The lowest BCUT2D eigenvalue weighted by atomic mass is 9.72. The Kier molecular flexibility index (Phi) is 5.69. The smallest absolute Gasteiger partial charge is 0.477 e. The third-order valence-electron chi connectivity index (χ3n) is 5.58. The number of aryl methyl sites for hydroxylation is 1. The molecule has 33 heavy (non-hydrogen) atoms. The van der Waals surface area contributed by atoms with Gasteiger partial charge in [0.15, 0.2) is 0 Å². The number of carbonyl (C=O) groups is 1. The molecule has 11 heteroatoms. The van der Waals surface area contributed by atoms with Crippen LogP contribution in [-0.2, 0) is 16.4 Å². The van der Waals surface area contributed by atoms with Gasteiger partial charge in [0.2, 0.25) is 0 Å².